The molecule has 0 aromatic heterocycles. The number of anilines is 1. The van der Waals surface area contributed by atoms with Gasteiger partial charge in [-0.25, -0.2) is 4.39 Å². The first-order valence-electron chi connectivity index (χ1n) is 7.15. The van der Waals surface area contributed by atoms with Crippen molar-refractivity contribution in [1.29, 1.82) is 0 Å². The zero-order valence-corrected chi connectivity index (χ0v) is 11.8. The molecule has 0 saturated carbocycles. The van der Waals surface area contributed by atoms with E-state index in [1.807, 2.05) is 13.0 Å². The first-order valence-corrected chi connectivity index (χ1v) is 7.15. The lowest BCUT2D eigenvalue weighted by Gasteiger charge is -2.23. The second-order valence-electron chi connectivity index (χ2n) is 4.88. The number of nitrogens with zero attached hydrogens (tertiary/aromatic N) is 1. The van der Waals surface area contributed by atoms with Gasteiger partial charge >= 0.3 is 0 Å². The number of nitrogens with one attached hydrogen (secondary N) is 1. The van der Waals surface area contributed by atoms with Gasteiger partial charge in [0, 0.05) is 37.4 Å². The molecule has 2 rings (SSSR count). The molecular formula is C15H23FN2O. The maximum Gasteiger partial charge on any atom is 0.167 e. The maximum absolute atomic E-state index is 13.9. The number of halogens is 1. The van der Waals surface area contributed by atoms with Crippen LogP contribution in [0.5, 0.6) is 5.75 Å². The molecule has 4 heteroatoms. The average molecular weight is 266 g/mol. The van der Waals surface area contributed by atoms with Crippen molar-refractivity contribution in [1.82, 2.24) is 5.32 Å². The fourth-order valence-corrected chi connectivity index (χ4v) is 2.49. The molecule has 0 radical (unpaired) electrons. The van der Waals surface area contributed by atoms with Crippen LogP contribution in [0.15, 0.2) is 18.2 Å². The van der Waals surface area contributed by atoms with Crippen molar-refractivity contribution in [2.75, 3.05) is 31.1 Å². The SMILES string of the molecule is CCOc1ccc(N2CCNC(CC)CC2)cc1F. The second-order valence-corrected chi connectivity index (χ2v) is 4.88. The number of hydrogen-bond acceptors (Lipinski definition) is 3. The molecule has 1 atom stereocenters. The van der Waals surface area contributed by atoms with Gasteiger partial charge in [-0.05, 0) is 31.9 Å². The molecule has 3 nitrogen and oxygen atoms in total. The van der Waals surface area contributed by atoms with Crippen molar-refractivity contribution in [3.63, 3.8) is 0 Å². The molecule has 1 aromatic carbocycles. The molecule has 1 heterocycles. The van der Waals surface area contributed by atoms with Crippen molar-refractivity contribution >= 4 is 5.69 Å². The Labute approximate surface area is 114 Å². The first-order chi connectivity index (χ1) is 9.24. The Morgan fingerprint density at radius 2 is 2.21 bits per heavy atom. The van der Waals surface area contributed by atoms with Gasteiger partial charge in [0.15, 0.2) is 11.6 Å². The summed E-state index contributed by atoms with van der Waals surface area (Å²) in [5.41, 5.74) is 0.944. The minimum absolute atomic E-state index is 0.274. The number of benzene rings is 1. The normalized spacial score (nSPS) is 20.2. The van der Waals surface area contributed by atoms with Crippen LogP contribution in [0.25, 0.3) is 0 Å². The molecular weight excluding hydrogens is 243 g/mol. The van der Waals surface area contributed by atoms with Gasteiger partial charge in [-0.1, -0.05) is 6.92 Å². The molecule has 1 fully saturated rings. The third kappa shape index (κ3) is 3.60. The zero-order chi connectivity index (χ0) is 13.7. The van der Waals surface area contributed by atoms with Crippen LogP contribution >= 0.6 is 0 Å². The monoisotopic (exact) mass is 266 g/mol. The van der Waals surface area contributed by atoms with E-state index >= 15 is 0 Å². The largest absolute Gasteiger partial charge is 0.491 e. The van der Waals surface area contributed by atoms with E-state index in [1.165, 1.54) is 0 Å². The Morgan fingerprint density at radius 3 is 2.89 bits per heavy atom. The predicted molar refractivity (Wildman–Crippen MR) is 76.5 cm³/mol. The smallest absolute Gasteiger partial charge is 0.167 e. The van der Waals surface area contributed by atoms with Gasteiger partial charge in [-0.15, -0.1) is 0 Å². The van der Waals surface area contributed by atoms with Gasteiger partial charge < -0.3 is 15.0 Å². The second kappa shape index (κ2) is 6.75. The highest BCUT2D eigenvalue weighted by molar-refractivity contribution is 5.50. The molecule has 19 heavy (non-hydrogen) atoms. The Bertz CT molecular complexity index is 411. The van der Waals surface area contributed by atoms with E-state index in [0.717, 1.165) is 38.2 Å². The van der Waals surface area contributed by atoms with E-state index in [4.69, 9.17) is 4.74 Å². The Morgan fingerprint density at radius 1 is 1.37 bits per heavy atom. The van der Waals surface area contributed by atoms with Crippen molar-refractivity contribution in [2.45, 2.75) is 32.7 Å². The van der Waals surface area contributed by atoms with Gasteiger partial charge in [0.25, 0.3) is 0 Å². The molecule has 1 N–H and O–H groups in total. The Kier molecular flexibility index (Phi) is 5.02. The van der Waals surface area contributed by atoms with Crippen LogP contribution in [0.4, 0.5) is 10.1 Å². The lowest BCUT2D eigenvalue weighted by molar-refractivity contribution is 0.321. The third-order valence-electron chi connectivity index (χ3n) is 3.64. The summed E-state index contributed by atoms with van der Waals surface area (Å²) in [7, 11) is 0. The minimum atomic E-state index is -0.274. The zero-order valence-electron chi connectivity index (χ0n) is 11.8. The predicted octanol–water partition coefficient (Wildman–Crippen LogP) is 2.80. The topological polar surface area (TPSA) is 24.5 Å². The molecule has 1 aliphatic heterocycles. The average Bonchev–Trinajstić information content (AvgIpc) is 2.66. The van der Waals surface area contributed by atoms with E-state index in [0.29, 0.717) is 18.4 Å². The van der Waals surface area contributed by atoms with Crippen LogP contribution in [0.1, 0.15) is 26.7 Å². The number of ether oxygens (including phenoxy) is 1. The van der Waals surface area contributed by atoms with Crippen LogP contribution < -0.4 is 15.0 Å². The van der Waals surface area contributed by atoms with Crippen molar-refractivity contribution in [3.8, 4) is 5.75 Å². The number of hydrogen-bond donors (Lipinski definition) is 1. The standard InChI is InChI=1S/C15H23FN2O/c1-3-12-7-9-18(10-8-17-12)13-5-6-15(19-4-2)14(16)11-13/h5-6,11-12,17H,3-4,7-10H2,1-2H3. The molecule has 1 aromatic rings. The quantitative estimate of drug-likeness (QED) is 0.907. The number of rotatable bonds is 4. The van der Waals surface area contributed by atoms with Crippen molar-refractivity contribution in [3.05, 3.63) is 24.0 Å². The maximum atomic E-state index is 13.9. The van der Waals surface area contributed by atoms with Gasteiger partial charge in [-0.3, -0.25) is 0 Å². The van der Waals surface area contributed by atoms with Gasteiger partial charge in [0.2, 0.25) is 0 Å². The highest BCUT2D eigenvalue weighted by Crippen LogP contribution is 2.24. The highest BCUT2D eigenvalue weighted by atomic mass is 19.1. The van der Waals surface area contributed by atoms with Crippen molar-refractivity contribution < 1.29 is 9.13 Å². The van der Waals surface area contributed by atoms with E-state index in [1.54, 1.807) is 12.1 Å². The third-order valence-corrected chi connectivity index (χ3v) is 3.64. The van der Waals surface area contributed by atoms with E-state index in [-0.39, 0.29) is 5.82 Å². The van der Waals surface area contributed by atoms with E-state index in [2.05, 4.69) is 17.1 Å². The van der Waals surface area contributed by atoms with Crippen LogP contribution in [0.3, 0.4) is 0 Å². The van der Waals surface area contributed by atoms with Crippen LogP contribution in [0.2, 0.25) is 0 Å². The molecule has 1 aliphatic rings. The van der Waals surface area contributed by atoms with Crippen LogP contribution in [-0.2, 0) is 0 Å². The van der Waals surface area contributed by atoms with E-state index in [9.17, 15) is 4.39 Å². The molecule has 1 unspecified atom stereocenters. The van der Waals surface area contributed by atoms with Gasteiger partial charge in [0.1, 0.15) is 0 Å². The van der Waals surface area contributed by atoms with Gasteiger partial charge in [-0.2, -0.15) is 0 Å². The Hall–Kier alpha value is -1.29. The fraction of sp³-hybridized carbons (Fsp3) is 0.600. The van der Waals surface area contributed by atoms with Crippen molar-refractivity contribution in [2.24, 2.45) is 0 Å². The summed E-state index contributed by atoms with van der Waals surface area (Å²) < 4.78 is 19.1. The lowest BCUT2D eigenvalue weighted by Crippen LogP contribution is -2.30. The lowest BCUT2D eigenvalue weighted by atomic mass is 10.1. The fourth-order valence-electron chi connectivity index (χ4n) is 2.49. The summed E-state index contributed by atoms with van der Waals surface area (Å²) in [4.78, 5) is 2.24. The molecule has 0 aliphatic carbocycles. The summed E-state index contributed by atoms with van der Waals surface area (Å²) in [5, 5.41) is 3.52. The van der Waals surface area contributed by atoms with Crippen LogP contribution in [-0.4, -0.2) is 32.3 Å². The first kappa shape index (κ1) is 14.1. The summed E-state index contributed by atoms with van der Waals surface area (Å²) in [6.07, 6.45) is 2.25. The Balaban J connectivity index is 2.07. The molecule has 0 bridgehead atoms. The summed E-state index contributed by atoms with van der Waals surface area (Å²) >= 11 is 0. The molecule has 0 amide bonds. The molecule has 0 spiro atoms. The molecule has 1 saturated heterocycles. The summed E-state index contributed by atoms with van der Waals surface area (Å²) in [6, 6.07) is 5.83. The van der Waals surface area contributed by atoms with Crippen LogP contribution in [0, 0.1) is 5.82 Å². The van der Waals surface area contributed by atoms with Gasteiger partial charge in [0.05, 0.1) is 6.61 Å². The molecule has 106 valence electrons. The van der Waals surface area contributed by atoms with E-state index < -0.39 is 0 Å². The minimum Gasteiger partial charge on any atom is -0.491 e. The highest BCUT2D eigenvalue weighted by Gasteiger charge is 2.16. The summed E-state index contributed by atoms with van der Waals surface area (Å²) in [5.74, 6) is 0.0641. The summed E-state index contributed by atoms with van der Waals surface area (Å²) in [6.45, 7) is 7.39.